The van der Waals surface area contributed by atoms with Crippen LogP contribution >= 0.6 is 27.5 Å². The van der Waals surface area contributed by atoms with E-state index in [0.29, 0.717) is 16.9 Å². The lowest BCUT2D eigenvalue weighted by Crippen LogP contribution is -2.17. The zero-order chi connectivity index (χ0) is 13.8. The Labute approximate surface area is 124 Å². The van der Waals surface area contributed by atoms with E-state index in [0.717, 1.165) is 16.7 Å². The fourth-order valence-corrected chi connectivity index (χ4v) is 2.05. The summed E-state index contributed by atoms with van der Waals surface area (Å²) in [5.41, 5.74) is 0.822. The molecular weight excluding hydrogens is 332 g/mol. The molecule has 0 saturated heterocycles. The number of halogens is 2. The molecule has 0 bridgehead atoms. The highest BCUT2D eigenvalue weighted by Crippen LogP contribution is 2.27. The quantitative estimate of drug-likeness (QED) is 0.860. The van der Waals surface area contributed by atoms with Crippen molar-refractivity contribution < 1.29 is 4.42 Å². The van der Waals surface area contributed by atoms with Crippen LogP contribution in [0.5, 0.6) is 0 Å². The van der Waals surface area contributed by atoms with E-state index in [1.54, 1.807) is 6.07 Å². The molecule has 1 aromatic heterocycles. The fraction of sp³-hybridized carbons (Fsp3) is 0.333. The zero-order valence-electron chi connectivity index (χ0n) is 10.6. The second-order valence-corrected chi connectivity index (χ2v) is 5.24. The maximum Gasteiger partial charge on any atom is 0.320 e. The lowest BCUT2D eigenvalue weighted by atomic mass is 10.3. The van der Waals surface area contributed by atoms with Gasteiger partial charge in [0.1, 0.15) is 0 Å². The lowest BCUT2D eigenvalue weighted by Gasteiger charge is -2.06. The highest BCUT2D eigenvalue weighted by atomic mass is 79.9. The summed E-state index contributed by atoms with van der Waals surface area (Å²) in [6.45, 7) is 4.84. The van der Waals surface area contributed by atoms with Crippen LogP contribution in [0.2, 0.25) is 5.02 Å². The molecule has 0 spiro atoms. The molecule has 2 N–H and O–H groups in total. The Morgan fingerprint density at radius 3 is 2.89 bits per heavy atom. The molecule has 5 nitrogen and oxygen atoms in total. The van der Waals surface area contributed by atoms with Crippen LogP contribution in [0.4, 0.5) is 11.7 Å². The van der Waals surface area contributed by atoms with Crippen LogP contribution in [0.25, 0.3) is 0 Å². The first kappa shape index (κ1) is 14.3. The first-order valence-electron chi connectivity index (χ1n) is 5.89. The molecule has 0 fully saturated rings. The van der Waals surface area contributed by atoms with Gasteiger partial charge >= 0.3 is 6.01 Å². The van der Waals surface area contributed by atoms with Crippen LogP contribution in [0.15, 0.2) is 27.1 Å². The van der Waals surface area contributed by atoms with Gasteiger partial charge in [0.2, 0.25) is 5.89 Å². The molecule has 7 heteroatoms. The molecule has 102 valence electrons. The number of hydrogen-bond acceptors (Lipinski definition) is 5. The number of nitrogens with zero attached hydrogens (tertiary/aromatic N) is 2. The molecular formula is C12H14BrClN4O. The van der Waals surface area contributed by atoms with E-state index in [2.05, 4.69) is 36.8 Å². The Balaban J connectivity index is 2.09. The highest BCUT2D eigenvalue weighted by molar-refractivity contribution is 9.10. The summed E-state index contributed by atoms with van der Waals surface area (Å²) in [4.78, 5) is 0. The minimum Gasteiger partial charge on any atom is -0.406 e. The third kappa shape index (κ3) is 3.68. The van der Waals surface area contributed by atoms with E-state index < -0.39 is 0 Å². The molecule has 1 unspecified atom stereocenters. The topological polar surface area (TPSA) is 63.0 Å². The summed E-state index contributed by atoms with van der Waals surface area (Å²) in [5.74, 6) is 0.553. The number of aromatic nitrogens is 2. The maximum absolute atomic E-state index is 5.93. The Morgan fingerprint density at radius 1 is 1.42 bits per heavy atom. The summed E-state index contributed by atoms with van der Waals surface area (Å²) in [6, 6.07) is 5.86. The Morgan fingerprint density at radius 2 is 2.21 bits per heavy atom. The monoisotopic (exact) mass is 344 g/mol. The van der Waals surface area contributed by atoms with Crippen LogP contribution in [0.3, 0.4) is 0 Å². The van der Waals surface area contributed by atoms with Crippen molar-refractivity contribution in [2.45, 2.75) is 19.9 Å². The first-order valence-corrected chi connectivity index (χ1v) is 7.06. The van der Waals surface area contributed by atoms with Crippen molar-refractivity contribution in [2.24, 2.45) is 0 Å². The van der Waals surface area contributed by atoms with Gasteiger partial charge in [-0.2, -0.15) is 0 Å². The van der Waals surface area contributed by atoms with Gasteiger partial charge in [0.05, 0.1) is 11.1 Å². The van der Waals surface area contributed by atoms with Crippen molar-refractivity contribution in [3.05, 3.63) is 33.6 Å². The van der Waals surface area contributed by atoms with Crippen molar-refractivity contribution in [1.29, 1.82) is 0 Å². The molecule has 19 heavy (non-hydrogen) atoms. The molecule has 0 radical (unpaired) electrons. The number of rotatable bonds is 5. The molecule has 1 atom stereocenters. The average molecular weight is 346 g/mol. The number of anilines is 2. The minimum absolute atomic E-state index is 0.0324. The number of hydrogen-bond donors (Lipinski definition) is 2. The number of benzene rings is 1. The molecule has 1 aromatic carbocycles. The van der Waals surface area contributed by atoms with Gasteiger partial charge in [-0.25, -0.2) is 0 Å². The Hall–Kier alpha value is -1.11. The van der Waals surface area contributed by atoms with Crippen molar-refractivity contribution in [1.82, 2.24) is 15.5 Å². The minimum atomic E-state index is 0.0324. The van der Waals surface area contributed by atoms with Gasteiger partial charge in [-0.15, -0.1) is 5.10 Å². The smallest absolute Gasteiger partial charge is 0.320 e. The molecule has 1 heterocycles. The van der Waals surface area contributed by atoms with Gasteiger partial charge < -0.3 is 15.1 Å². The predicted octanol–water partition coefficient (Wildman–Crippen LogP) is 3.90. The van der Waals surface area contributed by atoms with Crippen LogP contribution in [-0.2, 0) is 0 Å². The maximum atomic E-state index is 5.93. The van der Waals surface area contributed by atoms with Gasteiger partial charge in [-0.1, -0.05) is 23.6 Å². The van der Waals surface area contributed by atoms with Crippen LogP contribution < -0.4 is 10.6 Å². The van der Waals surface area contributed by atoms with E-state index >= 15 is 0 Å². The fourth-order valence-electron chi connectivity index (χ4n) is 1.55. The lowest BCUT2D eigenvalue weighted by molar-refractivity contribution is 0.430. The summed E-state index contributed by atoms with van der Waals surface area (Å²) in [6.07, 6.45) is 0. The van der Waals surface area contributed by atoms with E-state index in [-0.39, 0.29) is 6.04 Å². The molecule has 0 aliphatic heterocycles. The van der Waals surface area contributed by atoms with E-state index in [4.69, 9.17) is 16.0 Å². The highest BCUT2D eigenvalue weighted by Gasteiger charge is 2.12. The molecule has 0 saturated carbocycles. The van der Waals surface area contributed by atoms with Gasteiger partial charge in [-0.05, 0) is 47.6 Å². The number of nitrogens with one attached hydrogen (secondary N) is 2. The second kappa shape index (κ2) is 6.36. The normalized spacial score (nSPS) is 12.4. The van der Waals surface area contributed by atoms with Crippen LogP contribution in [0.1, 0.15) is 25.8 Å². The predicted molar refractivity (Wildman–Crippen MR) is 78.8 cm³/mol. The SMILES string of the molecule is CCNC(C)c1nnc(Nc2ccc(Cl)c(Br)c2)o1. The third-order valence-electron chi connectivity index (χ3n) is 2.49. The zero-order valence-corrected chi connectivity index (χ0v) is 12.9. The summed E-state index contributed by atoms with van der Waals surface area (Å²) in [7, 11) is 0. The van der Waals surface area contributed by atoms with Gasteiger partial charge in [0, 0.05) is 10.2 Å². The van der Waals surface area contributed by atoms with E-state index in [1.165, 1.54) is 0 Å². The van der Waals surface area contributed by atoms with Gasteiger partial charge in [0.15, 0.2) is 0 Å². The van der Waals surface area contributed by atoms with Crippen molar-refractivity contribution in [3.8, 4) is 0 Å². The van der Waals surface area contributed by atoms with Gasteiger partial charge in [-0.3, -0.25) is 0 Å². The standard InChI is InChI=1S/C12H14BrClN4O/c1-3-15-7(2)11-17-18-12(19-11)16-8-4-5-10(14)9(13)6-8/h4-7,15H,3H2,1-2H3,(H,16,18). The van der Waals surface area contributed by atoms with E-state index in [1.807, 2.05) is 26.0 Å². The largest absolute Gasteiger partial charge is 0.406 e. The van der Waals surface area contributed by atoms with Gasteiger partial charge in [0.25, 0.3) is 0 Å². The molecule has 2 aromatic rings. The van der Waals surface area contributed by atoms with Crippen LogP contribution in [0, 0.1) is 0 Å². The summed E-state index contributed by atoms with van der Waals surface area (Å²) in [5, 5.41) is 14.8. The van der Waals surface area contributed by atoms with Crippen LogP contribution in [-0.4, -0.2) is 16.7 Å². The molecule has 2 rings (SSSR count). The average Bonchev–Trinajstić information content (AvgIpc) is 2.83. The molecule has 0 aliphatic carbocycles. The van der Waals surface area contributed by atoms with Crippen molar-refractivity contribution >= 4 is 39.2 Å². The molecule has 0 aliphatic rings. The molecule has 0 amide bonds. The third-order valence-corrected chi connectivity index (χ3v) is 3.71. The Kier molecular flexibility index (Phi) is 4.79. The Bertz CT molecular complexity index is 560. The van der Waals surface area contributed by atoms with Crippen molar-refractivity contribution in [3.63, 3.8) is 0 Å². The first-order chi connectivity index (χ1) is 9.10. The summed E-state index contributed by atoms with van der Waals surface area (Å²) >= 11 is 9.29. The summed E-state index contributed by atoms with van der Waals surface area (Å²) < 4.78 is 6.33. The van der Waals surface area contributed by atoms with E-state index in [9.17, 15) is 0 Å². The van der Waals surface area contributed by atoms with Crippen molar-refractivity contribution in [2.75, 3.05) is 11.9 Å². The second-order valence-electron chi connectivity index (χ2n) is 3.98.